The Morgan fingerprint density at radius 3 is 2.82 bits per heavy atom. The maximum absolute atomic E-state index is 13.0. The van der Waals surface area contributed by atoms with Crippen molar-refractivity contribution < 1.29 is 9.59 Å². The van der Waals surface area contributed by atoms with E-state index in [-0.39, 0.29) is 30.3 Å². The average Bonchev–Trinajstić information content (AvgIpc) is 3.06. The van der Waals surface area contributed by atoms with E-state index in [4.69, 9.17) is 0 Å². The van der Waals surface area contributed by atoms with Gasteiger partial charge in [0.1, 0.15) is 11.2 Å². The summed E-state index contributed by atoms with van der Waals surface area (Å²) in [6.45, 7) is 4.48. The van der Waals surface area contributed by atoms with E-state index in [0.717, 1.165) is 23.5 Å². The summed E-state index contributed by atoms with van der Waals surface area (Å²) in [5, 5.41) is 16.1. The van der Waals surface area contributed by atoms with E-state index in [1.807, 2.05) is 24.3 Å². The van der Waals surface area contributed by atoms with Gasteiger partial charge in [-0.05, 0) is 30.9 Å². The van der Waals surface area contributed by atoms with Crippen molar-refractivity contribution in [3.63, 3.8) is 0 Å². The number of carbonyl (C=O) groups is 2. The number of rotatable bonds is 6. The molecule has 2 aromatic rings. The van der Waals surface area contributed by atoms with Gasteiger partial charge in [-0.1, -0.05) is 43.7 Å². The first kappa shape index (κ1) is 18.9. The lowest BCUT2D eigenvalue weighted by molar-refractivity contribution is -0.116. The van der Waals surface area contributed by atoms with Crippen molar-refractivity contribution in [1.29, 1.82) is 0 Å². The van der Waals surface area contributed by atoms with Crippen LogP contribution in [0.25, 0.3) is 0 Å². The lowest BCUT2D eigenvalue weighted by Gasteiger charge is -2.40. The van der Waals surface area contributed by atoms with Crippen molar-refractivity contribution in [3.8, 4) is 0 Å². The van der Waals surface area contributed by atoms with Crippen LogP contribution in [-0.4, -0.2) is 39.6 Å². The Labute approximate surface area is 168 Å². The molecule has 1 aromatic heterocycles. The summed E-state index contributed by atoms with van der Waals surface area (Å²) in [4.78, 5) is 27.1. The van der Waals surface area contributed by atoms with E-state index in [2.05, 4.69) is 34.7 Å². The number of hydrogen-bond acceptors (Lipinski definition) is 6. The molecule has 28 heavy (non-hydrogen) atoms. The number of carbonyl (C=O) groups excluding carboxylic acids is 2. The molecule has 4 rings (SSSR count). The van der Waals surface area contributed by atoms with Crippen LogP contribution in [-0.2, 0) is 4.79 Å². The van der Waals surface area contributed by atoms with Crippen molar-refractivity contribution in [2.75, 3.05) is 17.2 Å². The van der Waals surface area contributed by atoms with Crippen molar-refractivity contribution >= 4 is 34.0 Å². The zero-order chi connectivity index (χ0) is 19.7. The molecule has 0 bridgehead atoms. The highest BCUT2D eigenvalue weighted by Crippen LogP contribution is 2.38. The van der Waals surface area contributed by atoms with Gasteiger partial charge in [0.2, 0.25) is 11.0 Å². The van der Waals surface area contributed by atoms with Gasteiger partial charge >= 0.3 is 0 Å². The molecule has 2 N–H and O–H groups in total. The second-order valence-electron chi connectivity index (χ2n) is 7.75. The molecule has 7 nitrogen and oxygen atoms in total. The Bertz CT molecular complexity index is 877. The summed E-state index contributed by atoms with van der Waals surface area (Å²) < 4.78 is 0. The number of hydrogen-bond donors (Lipinski definition) is 2. The van der Waals surface area contributed by atoms with Gasteiger partial charge in [-0.25, -0.2) is 0 Å². The monoisotopic (exact) mass is 399 g/mol. The van der Waals surface area contributed by atoms with Crippen LogP contribution < -0.4 is 10.6 Å². The molecule has 1 aliphatic carbocycles. The van der Waals surface area contributed by atoms with E-state index >= 15 is 0 Å². The minimum Gasteiger partial charge on any atom is -0.364 e. The molecule has 1 fully saturated rings. The largest absolute Gasteiger partial charge is 0.364 e. The van der Waals surface area contributed by atoms with Gasteiger partial charge in [-0.15, -0.1) is 10.2 Å². The molecule has 0 radical (unpaired) electrons. The zero-order valence-corrected chi connectivity index (χ0v) is 17.0. The zero-order valence-electron chi connectivity index (χ0n) is 16.1. The third-order valence-corrected chi connectivity index (χ3v) is 6.41. The standard InChI is InChI=1S/C20H25N5O2S/c1-12(2)17-21-15-9-4-3-8-14(15)19(27)25(17)11-10-16(26)22-20-24-23-18(28-20)13-6-5-7-13/h3-4,8-9,12-13,17,21H,5-7,10-11H2,1-2H3,(H,22,24,26). The summed E-state index contributed by atoms with van der Waals surface area (Å²) in [7, 11) is 0. The third-order valence-electron chi connectivity index (χ3n) is 5.41. The maximum atomic E-state index is 13.0. The summed E-state index contributed by atoms with van der Waals surface area (Å²) in [6, 6.07) is 7.51. The fraction of sp³-hybridized carbons (Fsp3) is 0.500. The number of nitrogens with one attached hydrogen (secondary N) is 2. The second-order valence-corrected chi connectivity index (χ2v) is 8.76. The Kier molecular flexibility index (Phi) is 5.30. The van der Waals surface area contributed by atoms with Crippen LogP contribution in [0, 0.1) is 5.92 Å². The molecule has 0 saturated heterocycles. The normalized spacial score (nSPS) is 19.2. The first-order chi connectivity index (χ1) is 13.5. The summed E-state index contributed by atoms with van der Waals surface area (Å²) in [5.74, 6) is 0.537. The molecule has 8 heteroatoms. The topological polar surface area (TPSA) is 87.2 Å². The van der Waals surface area contributed by atoms with Crippen molar-refractivity contribution in [2.24, 2.45) is 5.92 Å². The SMILES string of the molecule is CC(C)C1Nc2ccccc2C(=O)N1CCC(=O)Nc1nnc(C2CCC2)s1. The quantitative estimate of drug-likeness (QED) is 0.774. The van der Waals surface area contributed by atoms with Gasteiger partial charge in [-0.3, -0.25) is 9.59 Å². The van der Waals surface area contributed by atoms with Crippen LogP contribution in [0.15, 0.2) is 24.3 Å². The molecule has 1 unspecified atom stereocenters. The highest BCUT2D eigenvalue weighted by Gasteiger charge is 2.33. The highest BCUT2D eigenvalue weighted by molar-refractivity contribution is 7.15. The number of para-hydroxylation sites is 1. The fourth-order valence-corrected chi connectivity index (χ4v) is 4.52. The molecular weight excluding hydrogens is 374 g/mol. The lowest BCUT2D eigenvalue weighted by Crippen LogP contribution is -2.52. The Hall–Kier alpha value is -2.48. The van der Waals surface area contributed by atoms with Crippen LogP contribution in [0.3, 0.4) is 0 Å². The van der Waals surface area contributed by atoms with Crippen LogP contribution >= 0.6 is 11.3 Å². The van der Waals surface area contributed by atoms with Crippen molar-refractivity contribution in [3.05, 3.63) is 34.8 Å². The number of fused-ring (bicyclic) bond motifs is 1. The van der Waals surface area contributed by atoms with Crippen LogP contribution in [0.5, 0.6) is 0 Å². The minimum absolute atomic E-state index is 0.0379. The van der Waals surface area contributed by atoms with Gasteiger partial charge in [0, 0.05) is 24.6 Å². The molecule has 1 aromatic carbocycles. The number of benzene rings is 1. The van der Waals surface area contributed by atoms with E-state index in [1.54, 1.807) is 4.90 Å². The molecule has 1 atom stereocenters. The fourth-order valence-electron chi connectivity index (χ4n) is 3.59. The van der Waals surface area contributed by atoms with E-state index in [0.29, 0.717) is 23.2 Å². The van der Waals surface area contributed by atoms with Gasteiger partial charge in [0.05, 0.1) is 5.56 Å². The van der Waals surface area contributed by atoms with E-state index < -0.39 is 0 Å². The molecule has 1 aliphatic heterocycles. The Morgan fingerprint density at radius 1 is 1.32 bits per heavy atom. The minimum atomic E-state index is -0.148. The molecule has 1 saturated carbocycles. The highest BCUT2D eigenvalue weighted by atomic mass is 32.1. The third kappa shape index (κ3) is 3.73. The van der Waals surface area contributed by atoms with Crippen molar-refractivity contribution in [1.82, 2.24) is 15.1 Å². The number of nitrogens with zero attached hydrogens (tertiary/aromatic N) is 3. The van der Waals surface area contributed by atoms with Crippen molar-refractivity contribution in [2.45, 2.75) is 51.6 Å². The predicted octanol–water partition coefficient (Wildman–Crippen LogP) is 3.68. The van der Waals surface area contributed by atoms with E-state index in [1.165, 1.54) is 17.8 Å². The van der Waals surface area contributed by atoms with Crippen LogP contribution in [0.2, 0.25) is 0 Å². The molecule has 2 aliphatic rings. The maximum Gasteiger partial charge on any atom is 0.257 e. The molecule has 148 valence electrons. The van der Waals surface area contributed by atoms with Gasteiger partial charge in [0.25, 0.3) is 5.91 Å². The first-order valence-electron chi connectivity index (χ1n) is 9.82. The number of aromatic nitrogens is 2. The number of anilines is 2. The smallest absolute Gasteiger partial charge is 0.257 e. The van der Waals surface area contributed by atoms with Crippen LogP contribution in [0.1, 0.15) is 60.8 Å². The average molecular weight is 400 g/mol. The Morgan fingerprint density at radius 2 is 2.11 bits per heavy atom. The summed E-state index contributed by atoms with van der Waals surface area (Å²) in [6.07, 6.45) is 3.64. The van der Waals surface area contributed by atoms with E-state index in [9.17, 15) is 9.59 Å². The molecule has 2 heterocycles. The second kappa shape index (κ2) is 7.87. The molecular formula is C20H25N5O2S. The van der Waals surface area contributed by atoms with Gasteiger partial charge in [0.15, 0.2) is 0 Å². The molecule has 2 amide bonds. The van der Waals surface area contributed by atoms with Gasteiger partial charge in [-0.2, -0.15) is 0 Å². The number of amides is 2. The predicted molar refractivity (Wildman–Crippen MR) is 109 cm³/mol. The van der Waals surface area contributed by atoms with Gasteiger partial charge < -0.3 is 15.5 Å². The molecule has 0 spiro atoms. The first-order valence-corrected chi connectivity index (χ1v) is 10.6. The summed E-state index contributed by atoms with van der Waals surface area (Å²) in [5.41, 5.74) is 1.50. The lowest BCUT2D eigenvalue weighted by atomic mass is 9.86. The van der Waals surface area contributed by atoms with Crippen LogP contribution in [0.4, 0.5) is 10.8 Å². The summed E-state index contributed by atoms with van der Waals surface area (Å²) >= 11 is 1.46. The Balaban J connectivity index is 1.39.